The van der Waals surface area contributed by atoms with E-state index >= 15 is 0 Å². The number of rotatable bonds is 6. The summed E-state index contributed by atoms with van der Waals surface area (Å²) in [6.07, 6.45) is 3.34. The number of hydrogen-bond donors (Lipinski definition) is 4. The topological polar surface area (TPSA) is 95.6 Å². The first-order valence-corrected chi connectivity index (χ1v) is 5.45. The van der Waals surface area contributed by atoms with E-state index < -0.39 is 12.0 Å². The van der Waals surface area contributed by atoms with Crippen molar-refractivity contribution in [3.63, 3.8) is 0 Å². The number of aliphatic hydroxyl groups excluding tert-OH is 1. The summed E-state index contributed by atoms with van der Waals surface area (Å²) in [5.41, 5.74) is 5.36. The van der Waals surface area contributed by atoms with Crippen molar-refractivity contribution in [2.45, 2.75) is 25.3 Å². The number of carboxylic acid groups (broad SMARTS) is 1. The molecular weight excluding hydrogens is 196 g/mol. The minimum absolute atomic E-state index is 0.233. The zero-order valence-electron chi connectivity index (χ0n) is 8.85. The highest BCUT2D eigenvalue weighted by molar-refractivity contribution is 5.73. The van der Waals surface area contributed by atoms with Crippen LogP contribution in [0.4, 0.5) is 0 Å². The molecule has 0 saturated heterocycles. The van der Waals surface area contributed by atoms with Gasteiger partial charge in [0.25, 0.3) is 0 Å². The van der Waals surface area contributed by atoms with E-state index in [9.17, 15) is 4.79 Å². The fourth-order valence-corrected chi connectivity index (χ4v) is 2.13. The fourth-order valence-electron chi connectivity index (χ4n) is 2.13. The molecule has 5 N–H and O–H groups in total. The molecule has 1 aliphatic carbocycles. The standard InChI is InChI=1S/C10H20N2O3/c11-9(10(14)15)5-12-4-7-2-1-3-8(7)6-13/h7-9,12-13H,1-6,11H2,(H,14,15). The van der Waals surface area contributed by atoms with Crippen molar-refractivity contribution in [3.05, 3.63) is 0 Å². The van der Waals surface area contributed by atoms with Gasteiger partial charge in [0.05, 0.1) is 0 Å². The Bertz CT molecular complexity index is 211. The molecule has 0 aromatic rings. The molecule has 0 aliphatic heterocycles. The van der Waals surface area contributed by atoms with Crippen LogP contribution in [0.5, 0.6) is 0 Å². The monoisotopic (exact) mass is 216 g/mol. The lowest BCUT2D eigenvalue weighted by atomic mass is 9.97. The third-order valence-corrected chi connectivity index (χ3v) is 3.14. The lowest BCUT2D eigenvalue weighted by Gasteiger charge is -2.18. The summed E-state index contributed by atoms with van der Waals surface area (Å²) in [5, 5.41) is 20.7. The molecule has 15 heavy (non-hydrogen) atoms. The molecule has 0 bridgehead atoms. The number of hydrogen-bond acceptors (Lipinski definition) is 4. The molecule has 3 unspecified atom stereocenters. The number of carboxylic acids is 1. The van der Waals surface area contributed by atoms with Gasteiger partial charge in [-0.15, -0.1) is 0 Å². The van der Waals surface area contributed by atoms with Crippen molar-refractivity contribution >= 4 is 5.97 Å². The molecule has 1 fully saturated rings. The van der Waals surface area contributed by atoms with Crippen LogP contribution in [0.15, 0.2) is 0 Å². The molecule has 0 aromatic heterocycles. The van der Waals surface area contributed by atoms with Crippen molar-refractivity contribution in [1.82, 2.24) is 5.32 Å². The Morgan fingerprint density at radius 3 is 2.73 bits per heavy atom. The average Bonchev–Trinajstić information content (AvgIpc) is 2.65. The second kappa shape index (κ2) is 6.05. The maximum absolute atomic E-state index is 10.4. The van der Waals surface area contributed by atoms with Gasteiger partial charge in [0.15, 0.2) is 0 Å². The number of aliphatic hydroxyl groups is 1. The lowest BCUT2D eigenvalue weighted by molar-refractivity contribution is -0.138. The van der Waals surface area contributed by atoms with Gasteiger partial charge < -0.3 is 21.3 Å². The van der Waals surface area contributed by atoms with Gasteiger partial charge in [-0.05, 0) is 31.2 Å². The predicted octanol–water partition coefficient (Wildman–Crippen LogP) is -0.603. The molecule has 0 amide bonds. The number of nitrogens with two attached hydrogens (primary N) is 1. The van der Waals surface area contributed by atoms with Crippen LogP contribution in [0.25, 0.3) is 0 Å². The van der Waals surface area contributed by atoms with Crippen LogP contribution < -0.4 is 11.1 Å². The Labute approximate surface area is 89.7 Å². The molecule has 3 atom stereocenters. The van der Waals surface area contributed by atoms with Crippen LogP contribution in [0.2, 0.25) is 0 Å². The highest BCUT2D eigenvalue weighted by Crippen LogP contribution is 2.30. The van der Waals surface area contributed by atoms with Gasteiger partial charge in [0.2, 0.25) is 0 Å². The van der Waals surface area contributed by atoms with E-state index in [2.05, 4.69) is 5.32 Å². The molecule has 5 heteroatoms. The second-order valence-corrected chi connectivity index (χ2v) is 4.24. The Hall–Kier alpha value is -0.650. The molecule has 0 spiro atoms. The van der Waals surface area contributed by atoms with Gasteiger partial charge in [-0.1, -0.05) is 6.42 Å². The molecule has 5 nitrogen and oxygen atoms in total. The summed E-state index contributed by atoms with van der Waals surface area (Å²) < 4.78 is 0. The lowest BCUT2D eigenvalue weighted by Crippen LogP contribution is -2.42. The molecule has 0 aromatic carbocycles. The summed E-state index contributed by atoms with van der Waals surface area (Å²) >= 11 is 0. The Kier molecular flexibility index (Phi) is 5.01. The van der Waals surface area contributed by atoms with Crippen LogP contribution in [-0.2, 0) is 4.79 Å². The van der Waals surface area contributed by atoms with Crippen molar-refractivity contribution in [3.8, 4) is 0 Å². The molecule has 0 heterocycles. The molecule has 88 valence electrons. The van der Waals surface area contributed by atoms with E-state index in [-0.39, 0.29) is 6.61 Å². The van der Waals surface area contributed by atoms with E-state index in [1.807, 2.05) is 0 Å². The first-order chi connectivity index (χ1) is 7.15. The normalized spacial score (nSPS) is 27.9. The van der Waals surface area contributed by atoms with Crippen molar-refractivity contribution < 1.29 is 15.0 Å². The van der Waals surface area contributed by atoms with Crippen LogP contribution in [0.3, 0.4) is 0 Å². The third kappa shape index (κ3) is 3.77. The fraction of sp³-hybridized carbons (Fsp3) is 0.900. The second-order valence-electron chi connectivity index (χ2n) is 4.24. The first kappa shape index (κ1) is 12.4. The summed E-state index contributed by atoms with van der Waals surface area (Å²) in [5.74, 6) is -0.137. The number of nitrogens with one attached hydrogen (secondary N) is 1. The van der Waals surface area contributed by atoms with Gasteiger partial charge in [-0.25, -0.2) is 0 Å². The van der Waals surface area contributed by atoms with E-state index in [4.69, 9.17) is 15.9 Å². The van der Waals surface area contributed by atoms with Crippen LogP contribution in [-0.4, -0.2) is 41.9 Å². The molecular formula is C10H20N2O3. The van der Waals surface area contributed by atoms with Gasteiger partial charge in [0.1, 0.15) is 6.04 Å². The van der Waals surface area contributed by atoms with Crippen LogP contribution in [0, 0.1) is 11.8 Å². The zero-order valence-corrected chi connectivity index (χ0v) is 8.85. The van der Waals surface area contributed by atoms with E-state index in [1.165, 1.54) is 0 Å². The quantitative estimate of drug-likeness (QED) is 0.475. The number of aliphatic carboxylic acids is 1. The molecule has 1 saturated carbocycles. The van der Waals surface area contributed by atoms with E-state index in [0.717, 1.165) is 25.8 Å². The molecule has 0 radical (unpaired) electrons. The van der Waals surface area contributed by atoms with Gasteiger partial charge >= 0.3 is 5.97 Å². The minimum Gasteiger partial charge on any atom is -0.480 e. The maximum atomic E-state index is 10.4. The zero-order chi connectivity index (χ0) is 11.3. The average molecular weight is 216 g/mol. The summed E-state index contributed by atoms with van der Waals surface area (Å²) in [7, 11) is 0. The Morgan fingerprint density at radius 2 is 2.13 bits per heavy atom. The van der Waals surface area contributed by atoms with E-state index in [0.29, 0.717) is 18.4 Å². The summed E-state index contributed by atoms with van der Waals surface area (Å²) in [4.78, 5) is 10.4. The summed E-state index contributed by atoms with van der Waals surface area (Å²) in [6, 6.07) is -0.834. The highest BCUT2D eigenvalue weighted by atomic mass is 16.4. The van der Waals surface area contributed by atoms with Gasteiger partial charge in [-0.2, -0.15) is 0 Å². The van der Waals surface area contributed by atoms with E-state index in [1.54, 1.807) is 0 Å². The minimum atomic E-state index is -0.979. The van der Waals surface area contributed by atoms with Crippen LogP contribution in [0.1, 0.15) is 19.3 Å². The smallest absolute Gasteiger partial charge is 0.321 e. The maximum Gasteiger partial charge on any atom is 0.321 e. The van der Waals surface area contributed by atoms with Crippen molar-refractivity contribution in [1.29, 1.82) is 0 Å². The predicted molar refractivity (Wildman–Crippen MR) is 56.4 cm³/mol. The highest BCUT2D eigenvalue weighted by Gasteiger charge is 2.26. The largest absolute Gasteiger partial charge is 0.480 e. The molecule has 1 rings (SSSR count). The Morgan fingerprint density at radius 1 is 1.47 bits per heavy atom. The van der Waals surface area contributed by atoms with Gasteiger partial charge in [0, 0.05) is 13.2 Å². The van der Waals surface area contributed by atoms with Crippen molar-refractivity contribution in [2.75, 3.05) is 19.7 Å². The van der Waals surface area contributed by atoms with Crippen molar-refractivity contribution in [2.24, 2.45) is 17.6 Å². The molecule has 1 aliphatic rings. The summed E-state index contributed by atoms with van der Waals surface area (Å²) in [6.45, 7) is 1.29. The third-order valence-electron chi connectivity index (χ3n) is 3.14. The first-order valence-electron chi connectivity index (χ1n) is 5.45. The van der Waals surface area contributed by atoms with Crippen LogP contribution >= 0.6 is 0 Å². The van der Waals surface area contributed by atoms with Gasteiger partial charge in [-0.3, -0.25) is 4.79 Å². The number of carbonyl (C=O) groups is 1. The SMILES string of the molecule is NC(CNCC1CCCC1CO)C(=O)O. The Balaban J connectivity index is 2.17.